The van der Waals surface area contributed by atoms with E-state index < -0.39 is 11.6 Å². The van der Waals surface area contributed by atoms with Gasteiger partial charge in [-0.15, -0.1) is 0 Å². The van der Waals surface area contributed by atoms with E-state index in [9.17, 15) is 8.78 Å². The fraction of sp³-hybridized carbons (Fsp3) is 0.429. The van der Waals surface area contributed by atoms with E-state index in [1.165, 1.54) is 45.5 Å². The second-order valence-corrected chi connectivity index (χ2v) is 13.7. The summed E-state index contributed by atoms with van der Waals surface area (Å²) in [6.45, 7) is 26.6. The number of hydrogen-bond donors (Lipinski definition) is 0. The van der Waals surface area contributed by atoms with E-state index in [1.54, 1.807) is 0 Å². The lowest BCUT2D eigenvalue weighted by Crippen LogP contribution is -1.99. The summed E-state index contributed by atoms with van der Waals surface area (Å²) >= 11 is 0. The van der Waals surface area contributed by atoms with Crippen molar-refractivity contribution in [1.82, 2.24) is 0 Å². The van der Waals surface area contributed by atoms with Crippen LogP contribution in [-0.2, 0) is 0 Å². The van der Waals surface area contributed by atoms with Crippen molar-refractivity contribution < 1.29 is 8.78 Å². The third-order valence-electron chi connectivity index (χ3n) is 8.05. The first-order chi connectivity index (χ1) is 20.6. The molecule has 0 fully saturated rings. The standard InChI is InChI=1S/C18H20F2.2C12H18/c1-11(2)15-7-5-13(9-17(15)12(3)4)16-8-6-14(19)10-18(16)20;2*1-9(2)11-7-5-6-8-12(11)10(3)4/h5-12H,1-4H3;2*5-10H,1-4H3. The van der Waals surface area contributed by atoms with Gasteiger partial charge in [0.15, 0.2) is 0 Å². The quantitative estimate of drug-likeness (QED) is 0.198. The van der Waals surface area contributed by atoms with Crippen molar-refractivity contribution in [3.8, 4) is 11.1 Å². The second kappa shape index (κ2) is 17.3. The molecule has 0 bridgehead atoms. The molecule has 0 N–H and O–H groups in total. The van der Waals surface area contributed by atoms with Gasteiger partial charge < -0.3 is 0 Å². The van der Waals surface area contributed by atoms with Crippen molar-refractivity contribution in [3.63, 3.8) is 0 Å². The summed E-state index contributed by atoms with van der Waals surface area (Å²) in [4.78, 5) is 0. The van der Waals surface area contributed by atoms with Crippen LogP contribution in [0.15, 0.2) is 84.9 Å². The average molecular weight is 599 g/mol. The van der Waals surface area contributed by atoms with Gasteiger partial charge in [-0.05, 0) is 86.6 Å². The molecule has 0 amide bonds. The lowest BCUT2D eigenvalue weighted by Gasteiger charge is -2.17. The van der Waals surface area contributed by atoms with Gasteiger partial charge in [0.05, 0.1) is 0 Å². The third-order valence-corrected chi connectivity index (χ3v) is 8.05. The van der Waals surface area contributed by atoms with Crippen LogP contribution in [0.5, 0.6) is 0 Å². The highest BCUT2D eigenvalue weighted by molar-refractivity contribution is 5.66. The van der Waals surface area contributed by atoms with Crippen LogP contribution in [0.2, 0.25) is 0 Å². The first-order valence-electron chi connectivity index (χ1n) is 16.4. The highest BCUT2D eigenvalue weighted by Gasteiger charge is 2.14. The molecule has 0 radical (unpaired) electrons. The van der Waals surface area contributed by atoms with Crippen molar-refractivity contribution in [3.05, 3.63) is 130 Å². The minimum Gasteiger partial charge on any atom is -0.207 e. The highest BCUT2D eigenvalue weighted by atomic mass is 19.1. The Morgan fingerprint density at radius 2 is 0.705 bits per heavy atom. The topological polar surface area (TPSA) is 0 Å². The Morgan fingerprint density at radius 3 is 1.02 bits per heavy atom. The molecule has 4 rings (SSSR count). The van der Waals surface area contributed by atoms with Crippen molar-refractivity contribution >= 4 is 0 Å². The van der Waals surface area contributed by atoms with Crippen molar-refractivity contribution in [2.24, 2.45) is 0 Å². The zero-order valence-electron chi connectivity index (χ0n) is 29.3. The highest BCUT2D eigenvalue weighted by Crippen LogP contribution is 2.32. The molecule has 44 heavy (non-hydrogen) atoms. The van der Waals surface area contributed by atoms with Crippen molar-refractivity contribution in [2.75, 3.05) is 0 Å². The van der Waals surface area contributed by atoms with E-state index in [1.807, 2.05) is 12.1 Å². The van der Waals surface area contributed by atoms with Crippen LogP contribution in [0.4, 0.5) is 8.78 Å². The molecule has 0 atom stereocenters. The van der Waals surface area contributed by atoms with Gasteiger partial charge in [0.1, 0.15) is 11.6 Å². The molecular weight excluding hydrogens is 542 g/mol. The van der Waals surface area contributed by atoms with Gasteiger partial charge in [0.25, 0.3) is 0 Å². The maximum atomic E-state index is 13.9. The largest absolute Gasteiger partial charge is 0.207 e. The molecule has 0 spiro atoms. The normalized spacial score (nSPS) is 11.3. The molecule has 0 saturated carbocycles. The molecule has 2 heteroatoms. The Hall–Kier alpha value is -3.26. The second-order valence-electron chi connectivity index (χ2n) is 13.7. The van der Waals surface area contributed by atoms with Crippen LogP contribution in [0, 0.1) is 11.6 Å². The number of halogens is 2. The molecule has 0 heterocycles. The smallest absolute Gasteiger partial charge is 0.133 e. The Balaban J connectivity index is 0.000000244. The van der Waals surface area contributed by atoms with Gasteiger partial charge in [-0.2, -0.15) is 0 Å². The monoisotopic (exact) mass is 598 g/mol. The summed E-state index contributed by atoms with van der Waals surface area (Å²) in [7, 11) is 0. The molecule has 4 aromatic carbocycles. The van der Waals surface area contributed by atoms with Gasteiger partial charge in [-0.1, -0.05) is 150 Å². The third kappa shape index (κ3) is 10.4. The molecule has 0 aromatic heterocycles. The van der Waals surface area contributed by atoms with Gasteiger partial charge in [0, 0.05) is 11.6 Å². The minimum absolute atomic E-state index is 0.371. The summed E-state index contributed by atoms with van der Waals surface area (Å²) in [5.41, 5.74) is 9.73. The number of rotatable bonds is 7. The summed E-state index contributed by atoms with van der Waals surface area (Å²) in [6.07, 6.45) is 0. The van der Waals surface area contributed by atoms with Crippen LogP contribution in [0.1, 0.15) is 152 Å². The van der Waals surface area contributed by atoms with E-state index in [-0.39, 0.29) is 0 Å². The van der Waals surface area contributed by atoms with Crippen LogP contribution in [0.3, 0.4) is 0 Å². The summed E-state index contributed by atoms with van der Waals surface area (Å²) in [5.74, 6) is 2.31. The summed E-state index contributed by atoms with van der Waals surface area (Å²) < 4.78 is 26.9. The number of hydrogen-bond acceptors (Lipinski definition) is 0. The molecule has 0 unspecified atom stereocenters. The Kier molecular flexibility index (Phi) is 14.5. The first kappa shape index (κ1) is 36.9. The molecule has 0 saturated heterocycles. The van der Waals surface area contributed by atoms with E-state index in [4.69, 9.17) is 0 Å². The fourth-order valence-corrected chi connectivity index (χ4v) is 5.62. The number of benzene rings is 4. The molecule has 0 aliphatic carbocycles. The molecular formula is C42H56F2. The molecule has 238 valence electrons. The van der Waals surface area contributed by atoms with E-state index in [2.05, 4.69) is 138 Å². The van der Waals surface area contributed by atoms with Crippen molar-refractivity contribution in [2.45, 2.75) is 119 Å². The maximum Gasteiger partial charge on any atom is 0.133 e. The van der Waals surface area contributed by atoms with Gasteiger partial charge in [-0.25, -0.2) is 8.78 Å². The molecule has 0 aliphatic heterocycles. The van der Waals surface area contributed by atoms with Gasteiger partial charge in [0.2, 0.25) is 0 Å². The zero-order chi connectivity index (χ0) is 33.1. The van der Waals surface area contributed by atoms with Crippen LogP contribution < -0.4 is 0 Å². The Morgan fingerprint density at radius 1 is 0.364 bits per heavy atom. The van der Waals surface area contributed by atoms with Gasteiger partial charge in [-0.3, -0.25) is 0 Å². The predicted octanol–water partition coefficient (Wildman–Crippen LogP) is 13.7. The van der Waals surface area contributed by atoms with Crippen LogP contribution in [-0.4, -0.2) is 0 Å². The lowest BCUT2D eigenvalue weighted by atomic mass is 9.88. The predicted molar refractivity (Wildman–Crippen MR) is 189 cm³/mol. The SMILES string of the molecule is CC(C)c1ccc(-c2ccc(F)cc2F)cc1C(C)C.CC(C)c1ccccc1C(C)C.CC(C)c1ccccc1C(C)C. The Labute approximate surface area is 268 Å². The molecule has 0 aliphatic rings. The maximum absolute atomic E-state index is 13.9. The lowest BCUT2D eigenvalue weighted by molar-refractivity contribution is 0.585. The average Bonchev–Trinajstić information content (AvgIpc) is 2.97. The molecule has 0 nitrogen and oxygen atoms in total. The Bertz CT molecular complexity index is 1330. The van der Waals surface area contributed by atoms with Crippen molar-refractivity contribution in [1.29, 1.82) is 0 Å². The van der Waals surface area contributed by atoms with E-state index in [0.29, 0.717) is 41.1 Å². The molecule has 4 aromatic rings. The van der Waals surface area contributed by atoms with Gasteiger partial charge >= 0.3 is 0 Å². The van der Waals surface area contributed by atoms with Crippen LogP contribution >= 0.6 is 0 Å². The van der Waals surface area contributed by atoms with E-state index in [0.717, 1.165) is 11.6 Å². The zero-order valence-corrected chi connectivity index (χ0v) is 29.3. The fourth-order valence-electron chi connectivity index (χ4n) is 5.62. The summed E-state index contributed by atoms with van der Waals surface area (Å²) in [5, 5.41) is 0. The minimum atomic E-state index is -0.547. The van der Waals surface area contributed by atoms with E-state index >= 15 is 0 Å². The first-order valence-corrected chi connectivity index (χ1v) is 16.4. The summed E-state index contributed by atoms with van der Waals surface area (Å²) in [6, 6.07) is 27.2. The van der Waals surface area contributed by atoms with Crippen LogP contribution in [0.25, 0.3) is 11.1 Å².